The van der Waals surface area contributed by atoms with Crippen molar-refractivity contribution in [1.29, 1.82) is 5.41 Å². The molecule has 0 radical (unpaired) electrons. The van der Waals surface area contributed by atoms with Gasteiger partial charge in [0, 0.05) is 35.1 Å². The Morgan fingerprint density at radius 1 is 1.03 bits per heavy atom. The summed E-state index contributed by atoms with van der Waals surface area (Å²) in [6.45, 7) is 0. The fourth-order valence-electron chi connectivity index (χ4n) is 4.47. The minimum Gasteiger partial charge on any atom is -0.393 e. The molecule has 0 aliphatic heterocycles. The molecule has 6 rings (SSSR count). The van der Waals surface area contributed by atoms with Crippen LogP contribution in [0.15, 0.2) is 73.2 Å². The molecule has 0 saturated heterocycles. The Balaban J connectivity index is 1.51. The van der Waals surface area contributed by atoms with Gasteiger partial charge in [-0.3, -0.25) is 10.4 Å². The average molecular weight is 407 g/mol. The van der Waals surface area contributed by atoms with Crippen molar-refractivity contribution in [1.82, 2.24) is 19.5 Å². The molecular weight excluding hydrogens is 386 g/mol. The fourth-order valence-corrected chi connectivity index (χ4v) is 4.47. The highest BCUT2D eigenvalue weighted by Gasteiger charge is 2.30. The molecule has 0 unspecified atom stereocenters. The van der Waals surface area contributed by atoms with E-state index in [1.807, 2.05) is 65.5 Å². The fraction of sp³-hybridized carbons (Fsp3) is 0.160. The molecule has 0 spiro atoms. The zero-order valence-electron chi connectivity index (χ0n) is 16.8. The largest absolute Gasteiger partial charge is 0.393 e. The monoisotopic (exact) mass is 407 g/mol. The van der Waals surface area contributed by atoms with Gasteiger partial charge in [-0.25, -0.2) is 4.98 Å². The Hall–Kier alpha value is -3.77. The van der Waals surface area contributed by atoms with Crippen LogP contribution in [0.2, 0.25) is 0 Å². The molecule has 0 bridgehead atoms. The Morgan fingerprint density at radius 3 is 2.71 bits per heavy atom. The third kappa shape index (κ3) is 2.95. The molecule has 4 aromatic heterocycles. The van der Waals surface area contributed by atoms with Crippen LogP contribution < -0.4 is 5.49 Å². The first-order chi connectivity index (χ1) is 15.2. The molecule has 6 heteroatoms. The van der Waals surface area contributed by atoms with Crippen LogP contribution in [-0.2, 0) is 0 Å². The van der Waals surface area contributed by atoms with E-state index in [9.17, 15) is 5.11 Å². The van der Waals surface area contributed by atoms with Gasteiger partial charge in [0.15, 0.2) is 0 Å². The molecule has 1 saturated carbocycles. The standard InChI is InChI=1S/C25H21N5O/c26-25-19-8-10-28-24(19)20(16-11-18(31)12-16)14-30(25)17-6-4-15-5-7-22(29-23(15)13-17)21-3-1-2-9-27-21/h1-10,13-14,16,18,26,28,31H,11-12H2. The van der Waals surface area contributed by atoms with Gasteiger partial charge in [0.25, 0.3) is 0 Å². The van der Waals surface area contributed by atoms with Gasteiger partial charge in [0.2, 0.25) is 0 Å². The second-order valence-electron chi connectivity index (χ2n) is 8.18. The van der Waals surface area contributed by atoms with E-state index >= 15 is 0 Å². The van der Waals surface area contributed by atoms with Crippen molar-refractivity contribution in [2.75, 3.05) is 0 Å². The van der Waals surface area contributed by atoms with Crippen molar-refractivity contribution in [3.05, 3.63) is 84.2 Å². The summed E-state index contributed by atoms with van der Waals surface area (Å²) in [4.78, 5) is 12.5. The zero-order valence-corrected chi connectivity index (χ0v) is 16.8. The second-order valence-corrected chi connectivity index (χ2v) is 8.18. The van der Waals surface area contributed by atoms with Crippen LogP contribution in [0.5, 0.6) is 0 Å². The molecule has 0 atom stereocenters. The van der Waals surface area contributed by atoms with Crippen LogP contribution in [0, 0.1) is 5.41 Å². The molecule has 3 N–H and O–H groups in total. The number of aromatic amines is 1. The number of aromatic nitrogens is 4. The first kappa shape index (κ1) is 18.0. The minimum absolute atomic E-state index is 0.228. The molecule has 0 amide bonds. The number of rotatable bonds is 3. The van der Waals surface area contributed by atoms with E-state index in [-0.39, 0.29) is 6.10 Å². The second kappa shape index (κ2) is 6.89. The summed E-state index contributed by atoms with van der Waals surface area (Å²) < 4.78 is 1.92. The number of H-pyrrole nitrogens is 1. The van der Waals surface area contributed by atoms with E-state index in [1.54, 1.807) is 6.20 Å². The molecule has 1 fully saturated rings. The lowest BCUT2D eigenvalue weighted by atomic mass is 9.77. The molecule has 4 heterocycles. The van der Waals surface area contributed by atoms with Crippen molar-refractivity contribution in [2.24, 2.45) is 0 Å². The van der Waals surface area contributed by atoms with Gasteiger partial charge in [0.05, 0.1) is 28.5 Å². The highest BCUT2D eigenvalue weighted by molar-refractivity contribution is 5.85. The molecule has 31 heavy (non-hydrogen) atoms. The molecule has 152 valence electrons. The van der Waals surface area contributed by atoms with Gasteiger partial charge in [-0.2, -0.15) is 0 Å². The maximum atomic E-state index is 9.81. The van der Waals surface area contributed by atoms with Crippen LogP contribution in [0.1, 0.15) is 24.3 Å². The van der Waals surface area contributed by atoms with Crippen LogP contribution in [-0.4, -0.2) is 30.7 Å². The summed E-state index contributed by atoms with van der Waals surface area (Å²) in [5.41, 5.74) is 6.00. The van der Waals surface area contributed by atoms with Gasteiger partial charge in [-0.05, 0) is 60.7 Å². The van der Waals surface area contributed by atoms with Gasteiger partial charge in [0.1, 0.15) is 5.49 Å². The van der Waals surface area contributed by atoms with Crippen molar-refractivity contribution in [3.63, 3.8) is 0 Å². The van der Waals surface area contributed by atoms with E-state index in [0.717, 1.165) is 57.3 Å². The van der Waals surface area contributed by atoms with E-state index in [4.69, 9.17) is 10.4 Å². The summed E-state index contributed by atoms with van der Waals surface area (Å²) in [6.07, 6.45) is 6.99. The third-order valence-corrected chi connectivity index (χ3v) is 6.23. The molecule has 1 aliphatic carbocycles. The number of hydrogen-bond acceptors (Lipinski definition) is 4. The Labute approximate surface area is 178 Å². The number of aliphatic hydroxyl groups is 1. The predicted octanol–water partition coefficient (Wildman–Crippen LogP) is 4.29. The minimum atomic E-state index is -0.228. The van der Waals surface area contributed by atoms with Gasteiger partial charge >= 0.3 is 0 Å². The number of hydrogen-bond donors (Lipinski definition) is 3. The molecule has 1 aromatic carbocycles. The normalized spacial score (nSPS) is 18.4. The number of nitrogens with one attached hydrogen (secondary N) is 2. The smallest absolute Gasteiger partial charge is 0.138 e. The first-order valence-electron chi connectivity index (χ1n) is 10.5. The van der Waals surface area contributed by atoms with E-state index in [2.05, 4.69) is 16.0 Å². The molecule has 5 aromatic rings. The summed E-state index contributed by atoms with van der Waals surface area (Å²) in [7, 11) is 0. The van der Waals surface area contributed by atoms with Gasteiger partial charge in [-0.15, -0.1) is 0 Å². The van der Waals surface area contributed by atoms with Crippen LogP contribution in [0.4, 0.5) is 0 Å². The van der Waals surface area contributed by atoms with Crippen LogP contribution in [0.3, 0.4) is 0 Å². The number of aliphatic hydroxyl groups excluding tert-OH is 1. The Bertz CT molecular complexity index is 1480. The Kier molecular flexibility index (Phi) is 4.01. The molecule has 1 aliphatic rings. The quantitative estimate of drug-likeness (QED) is 0.417. The molecular formula is C25H21N5O. The summed E-state index contributed by atoms with van der Waals surface area (Å²) in [5.74, 6) is 0.303. The van der Waals surface area contributed by atoms with Crippen molar-refractivity contribution in [2.45, 2.75) is 24.9 Å². The SMILES string of the molecule is N=c1c2cc[nH]c2c(C2CC(O)C2)cn1-c1ccc2ccc(-c3ccccn3)nc2c1. The number of pyridine rings is 3. The van der Waals surface area contributed by atoms with Crippen molar-refractivity contribution < 1.29 is 5.11 Å². The lowest BCUT2D eigenvalue weighted by molar-refractivity contribution is 0.0749. The zero-order chi connectivity index (χ0) is 20.9. The predicted molar refractivity (Wildman–Crippen MR) is 120 cm³/mol. The third-order valence-electron chi connectivity index (χ3n) is 6.23. The topological polar surface area (TPSA) is 90.6 Å². The maximum Gasteiger partial charge on any atom is 0.138 e. The highest BCUT2D eigenvalue weighted by atomic mass is 16.3. The van der Waals surface area contributed by atoms with E-state index in [1.165, 1.54) is 0 Å². The lowest BCUT2D eigenvalue weighted by Gasteiger charge is -2.32. The van der Waals surface area contributed by atoms with Crippen molar-refractivity contribution in [3.8, 4) is 17.1 Å². The highest BCUT2D eigenvalue weighted by Crippen LogP contribution is 2.39. The summed E-state index contributed by atoms with van der Waals surface area (Å²) >= 11 is 0. The first-order valence-corrected chi connectivity index (χ1v) is 10.5. The van der Waals surface area contributed by atoms with Crippen LogP contribution in [0.25, 0.3) is 38.9 Å². The van der Waals surface area contributed by atoms with E-state index in [0.29, 0.717) is 11.4 Å². The lowest BCUT2D eigenvalue weighted by Crippen LogP contribution is -2.28. The van der Waals surface area contributed by atoms with Crippen molar-refractivity contribution >= 4 is 21.8 Å². The van der Waals surface area contributed by atoms with Gasteiger partial charge in [-0.1, -0.05) is 18.2 Å². The number of benzene rings is 1. The van der Waals surface area contributed by atoms with Gasteiger partial charge < -0.3 is 14.7 Å². The number of nitrogens with zero attached hydrogens (tertiary/aromatic N) is 3. The maximum absolute atomic E-state index is 9.81. The average Bonchev–Trinajstić information content (AvgIpc) is 3.28. The molecule has 6 nitrogen and oxygen atoms in total. The Morgan fingerprint density at radius 2 is 1.90 bits per heavy atom. The summed E-state index contributed by atoms with van der Waals surface area (Å²) in [6, 6.07) is 17.9. The van der Waals surface area contributed by atoms with Crippen LogP contribution >= 0.6 is 0 Å². The summed E-state index contributed by atoms with van der Waals surface area (Å²) in [5, 5.41) is 20.5. The number of fused-ring (bicyclic) bond motifs is 2. The van der Waals surface area contributed by atoms with E-state index < -0.39 is 0 Å².